The molecule has 0 spiro atoms. The van der Waals surface area contributed by atoms with Crippen molar-refractivity contribution in [3.05, 3.63) is 40.1 Å². The first-order valence-electron chi connectivity index (χ1n) is 8.48. The maximum Gasteiger partial charge on any atom is 0.226 e. The van der Waals surface area contributed by atoms with Crippen molar-refractivity contribution in [1.82, 2.24) is 14.5 Å². The van der Waals surface area contributed by atoms with Crippen molar-refractivity contribution < 1.29 is 4.79 Å². The molecule has 1 saturated carbocycles. The van der Waals surface area contributed by atoms with E-state index in [1.165, 1.54) is 9.75 Å². The largest absolute Gasteiger partial charge is 0.340 e. The first-order valence-corrected chi connectivity index (χ1v) is 9.29. The highest BCUT2D eigenvalue weighted by Gasteiger charge is 2.47. The van der Waals surface area contributed by atoms with Crippen LogP contribution >= 0.6 is 11.3 Å². The Morgan fingerprint density at radius 2 is 2.22 bits per heavy atom. The quantitative estimate of drug-likeness (QED) is 0.864. The average molecular weight is 329 g/mol. The van der Waals surface area contributed by atoms with E-state index in [4.69, 9.17) is 0 Å². The minimum Gasteiger partial charge on any atom is -0.340 e. The molecule has 4 rings (SSSR count). The van der Waals surface area contributed by atoms with Crippen LogP contribution in [0.4, 0.5) is 0 Å². The summed E-state index contributed by atoms with van der Waals surface area (Å²) in [6, 6.07) is 4.75. The van der Waals surface area contributed by atoms with E-state index in [0.29, 0.717) is 17.9 Å². The molecule has 5 heteroatoms. The van der Waals surface area contributed by atoms with E-state index in [1.807, 2.05) is 30.7 Å². The van der Waals surface area contributed by atoms with Crippen molar-refractivity contribution in [3.63, 3.8) is 0 Å². The topological polar surface area (TPSA) is 38.1 Å². The van der Waals surface area contributed by atoms with Crippen molar-refractivity contribution in [2.24, 2.45) is 5.92 Å². The number of amides is 1. The van der Waals surface area contributed by atoms with Gasteiger partial charge in [0.05, 0.1) is 6.04 Å². The maximum atomic E-state index is 12.9. The smallest absolute Gasteiger partial charge is 0.226 e. The van der Waals surface area contributed by atoms with Gasteiger partial charge in [0.25, 0.3) is 0 Å². The lowest BCUT2D eigenvalue weighted by Crippen LogP contribution is -2.41. The third-order valence-electron chi connectivity index (χ3n) is 5.20. The molecule has 0 radical (unpaired) electrons. The Kier molecular flexibility index (Phi) is 3.76. The number of rotatable bonds is 3. The first-order chi connectivity index (χ1) is 11.1. The van der Waals surface area contributed by atoms with Gasteiger partial charge in [0.15, 0.2) is 0 Å². The van der Waals surface area contributed by atoms with Gasteiger partial charge in [-0.2, -0.15) is 0 Å². The van der Waals surface area contributed by atoms with Crippen LogP contribution in [-0.2, 0) is 4.79 Å². The Morgan fingerprint density at radius 3 is 2.91 bits per heavy atom. The number of hydrogen-bond acceptors (Lipinski definition) is 3. The molecular weight excluding hydrogens is 306 g/mol. The van der Waals surface area contributed by atoms with Gasteiger partial charge in [-0.1, -0.05) is 0 Å². The molecule has 23 heavy (non-hydrogen) atoms. The van der Waals surface area contributed by atoms with Gasteiger partial charge >= 0.3 is 0 Å². The highest BCUT2D eigenvalue weighted by molar-refractivity contribution is 7.12. The van der Waals surface area contributed by atoms with Crippen LogP contribution in [-0.4, -0.2) is 33.4 Å². The van der Waals surface area contributed by atoms with Crippen LogP contribution in [0, 0.1) is 19.8 Å². The predicted molar refractivity (Wildman–Crippen MR) is 91.7 cm³/mol. The fourth-order valence-electron chi connectivity index (χ4n) is 3.83. The van der Waals surface area contributed by atoms with E-state index in [-0.39, 0.29) is 5.92 Å². The molecule has 0 N–H and O–H groups in total. The third-order valence-corrected chi connectivity index (χ3v) is 6.33. The summed E-state index contributed by atoms with van der Waals surface area (Å²) in [4.78, 5) is 22.0. The lowest BCUT2D eigenvalue weighted by atomic mass is 10.0. The average Bonchev–Trinajstić information content (AvgIpc) is 3.05. The molecule has 0 aromatic carbocycles. The number of aromatic nitrogens is 2. The number of thiophene rings is 1. The van der Waals surface area contributed by atoms with Crippen LogP contribution < -0.4 is 0 Å². The molecule has 1 aliphatic carbocycles. The second-order valence-electron chi connectivity index (χ2n) is 6.86. The zero-order chi connectivity index (χ0) is 16.0. The lowest BCUT2D eigenvalue weighted by molar-refractivity contribution is -0.134. The van der Waals surface area contributed by atoms with Gasteiger partial charge in [-0.25, -0.2) is 4.98 Å². The molecule has 2 aromatic heterocycles. The highest BCUT2D eigenvalue weighted by atomic mass is 32.1. The summed E-state index contributed by atoms with van der Waals surface area (Å²) in [7, 11) is 0. The zero-order valence-electron chi connectivity index (χ0n) is 13.7. The fraction of sp³-hybridized carbons (Fsp3) is 0.556. The molecule has 1 aliphatic heterocycles. The molecule has 4 nitrogen and oxygen atoms in total. The summed E-state index contributed by atoms with van der Waals surface area (Å²) in [5, 5.41) is 0. The first kappa shape index (κ1) is 14.9. The summed E-state index contributed by atoms with van der Waals surface area (Å²) in [6.45, 7) is 5.92. The van der Waals surface area contributed by atoms with Crippen molar-refractivity contribution in [1.29, 1.82) is 0 Å². The van der Waals surface area contributed by atoms with E-state index >= 15 is 0 Å². The van der Waals surface area contributed by atoms with Gasteiger partial charge in [0.2, 0.25) is 5.91 Å². The number of likely N-dealkylation sites (tertiary alicyclic amines) is 1. The molecule has 3 heterocycles. The molecule has 3 atom stereocenters. The van der Waals surface area contributed by atoms with Gasteiger partial charge in [-0.3, -0.25) is 4.79 Å². The minimum absolute atomic E-state index is 0.218. The molecule has 2 aromatic rings. The summed E-state index contributed by atoms with van der Waals surface area (Å²) in [6.07, 6.45) is 7.15. The number of aryl methyl sites for hydroxylation is 2. The van der Waals surface area contributed by atoms with E-state index in [0.717, 1.165) is 38.2 Å². The monoisotopic (exact) mass is 329 g/mol. The fourth-order valence-corrected chi connectivity index (χ4v) is 4.88. The number of nitrogens with zero attached hydrogens (tertiary/aromatic N) is 3. The van der Waals surface area contributed by atoms with Gasteiger partial charge in [-0.15, -0.1) is 11.3 Å². The normalized spacial score (nSPS) is 27.2. The Balaban J connectivity index is 1.42. The van der Waals surface area contributed by atoms with Crippen LogP contribution in [0.25, 0.3) is 0 Å². The molecule has 122 valence electrons. The molecule has 2 aliphatic rings. The van der Waals surface area contributed by atoms with Crippen LogP contribution in [0.3, 0.4) is 0 Å². The number of piperidine rings is 1. The molecule has 2 fully saturated rings. The van der Waals surface area contributed by atoms with Crippen LogP contribution in [0.5, 0.6) is 0 Å². The number of imidazole rings is 1. The Hall–Kier alpha value is -1.62. The van der Waals surface area contributed by atoms with E-state index in [1.54, 1.807) is 0 Å². The predicted octanol–water partition coefficient (Wildman–Crippen LogP) is 3.53. The Bertz CT molecular complexity index is 719. The third kappa shape index (κ3) is 2.82. The minimum atomic E-state index is 0.218. The maximum absolute atomic E-state index is 12.9. The van der Waals surface area contributed by atoms with Crippen LogP contribution in [0.2, 0.25) is 0 Å². The van der Waals surface area contributed by atoms with Crippen LogP contribution in [0.15, 0.2) is 24.5 Å². The van der Waals surface area contributed by atoms with Gasteiger partial charge in [0.1, 0.15) is 5.82 Å². The number of carbonyl (C=O) groups is 1. The molecule has 0 unspecified atom stereocenters. The second-order valence-corrected chi connectivity index (χ2v) is 8.18. The molecular formula is C18H23N3OS. The van der Waals surface area contributed by atoms with Gasteiger partial charge < -0.3 is 9.47 Å². The Morgan fingerprint density at radius 1 is 1.35 bits per heavy atom. The molecule has 0 bridgehead atoms. The lowest BCUT2D eigenvalue weighted by Gasteiger charge is -2.34. The highest BCUT2D eigenvalue weighted by Crippen LogP contribution is 2.50. The standard InChI is InChI=1S/C18H23N3OS/c1-12-5-6-17(23-12)15-10-16(15)18(22)20-8-3-4-14(11-20)21-9-7-19-13(21)2/h5-7,9,14-16H,3-4,8,10-11H2,1-2H3/t14-,15-,16+/m1/s1. The van der Waals surface area contributed by atoms with E-state index in [9.17, 15) is 4.79 Å². The number of hydrogen-bond donors (Lipinski definition) is 0. The number of carbonyl (C=O) groups excluding carboxylic acids is 1. The zero-order valence-corrected chi connectivity index (χ0v) is 14.6. The summed E-state index contributed by atoms with van der Waals surface area (Å²) in [5.74, 6) is 2.10. The SMILES string of the molecule is Cc1ccc([C@@H]2C[C@@H]2C(=O)N2CCC[C@@H](n3ccnc3C)C2)s1. The molecule has 1 saturated heterocycles. The van der Waals surface area contributed by atoms with Crippen molar-refractivity contribution in [3.8, 4) is 0 Å². The van der Waals surface area contributed by atoms with Crippen molar-refractivity contribution >= 4 is 17.2 Å². The van der Waals surface area contributed by atoms with Crippen LogP contribution in [0.1, 0.15) is 46.8 Å². The Labute approximate surface area is 141 Å². The van der Waals surface area contributed by atoms with Gasteiger partial charge in [-0.05, 0) is 45.2 Å². The summed E-state index contributed by atoms with van der Waals surface area (Å²) >= 11 is 1.84. The van der Waals surface area contributed by atoms with E-state index in [2.05, 4.69) is 33.5 Å². The molecule has 1 amide bonds. The van der Waals surface area contributed by atoms with E-state index < -0.39 is 0 Å². The summed E-state index contributed by atoms with van der Waals surface area (Å²) < 4.78 is 2.23. The van der Waals surface area contributed by atoms with Gasteiger partial charge in [0, 0.05) is 47.1 Å². The summed E-state index contributed by atoms with van der Waals surface area (Å²) in [5.41, 5.74) is 0. The van der Waals surface area contributed by atoms with Crippen molar-refractivity contribution in [2.75, 3.05) is 13.1 Å². The van der Waals surface area contributed by atoms with Crippen molar-refractivity contribution in [2.45, 2.75) is 45.1 Å². The second kappa shape index (κ2) is 5.78.